The van der Waals surface area contributed by atoms with Crippen molar-refractivity contribution < 1.29 is 0 Å². The maximum Gasteiger partial charge on any atom is 0.211 e. The average Bonchev–Trinajstić information content (AvgIpc) is 1.59. The van der Waals surface area contributed by atoms with Crippen molar-refractivity contribution in [1.29, 1.82) is 0 Å². The van der Waals surface area contributed by atoms with E-state index in [1.54, 1.807) is 36.3 Å². The highest BCUT2D eigenvalue weighted by atomic mass is 35.5. The number of rotatable bonds is 12. The maximum atomic E-state index is 6.79. The van der Waals surface area contributed by atoms with E-state index in [9.17, 15) is 0 Å². The van der Waals surface area contributed by atoms with Crippen molar-refractivity contribution in [2.75, 3.05) is 77.7 Å². The lowest BCUT2D eigenvalue weighted by Crippen LogP contribution is -2.45. The van der Waals surface area contributed by atoms with E-state index < -0.39 is 0 Å². The topological polar surface area (TPSA) is 328 Å². The lowest BCUT2D eigenvalue weighted by Gasteiger charge is -2.42. The Hall–Kier alpha value is -10.9. The molecule has 0 bridgehead atoms. The number of benzene rings is 4. The zero-order chi connectivity index (χ0) is 91.1. The largest absolute Gasteiger partial charge is 0.382 e. The smallest absolute Gasteiger partial charge is 0.211 e. The minimum Gasteiger partial charge on any atom is -0.382 e. The predicted molar refractivity (Wildman–Crippen MR) is 534 cm³/mol. The van der Waals surface area contributed by atoms with Crippen molar-refractivity contribution >= 4 is 168 Å². The van der Waals surface area contributed by atoms with Crippen molar-refractivity contribution in [1.82, 2.24) is 82.4 Å². The Kier molecular flexibility index (Phi) is 24.1. The van der Waals surface area contributed by atoms with Crippen LogP contribution < -0.4 is 48.3 Å². The number of nitrogen functional groups attached to an aromatic ring is 1. The van der Waals surface area contributed by atoms with Gasteiger partial charge in [0, 0.05) is 224 Å². The first-order valence-electron chi connectivity index (χ1n) is 44.9. The number of fused-ring (bicyclic) bond motifs is 9. The van der Waals surface area contributed by atoms with Crippen molar-refractivity contribution in [3.63, 3.8) is 0 Å². The standard InChI is InChI=1S/C28H26N6S.2C24H22Cl2N6S.C23H23ClN8S/c29-25-20-6-2-1-5-19(20)17-28(25)10-14-33(15-11-28)27-32-18-24(26-31-13-16-34(26)27)35-23-9-12-30-22-8-4-3-7-21(22)23;2*25-16-4-1-5-18(20(16)26)33-19-14-30-23(32-12-9-29-22(19)32)31-10-6-24(7-11-31)13-17-15(21(24)27)3-2-8-28-17;24-18-16(3-7-28-20(18)26)33-17-13-30-22(32-11-8-29-21(17)32)31-9-4-23(5-10-31)12-15-14(19(23)25)2-1-6-27-15/h1-9,12-13,16,18,25H,10-11,14-15,17,29H2;2*1-5,8-9,12,14,21H,6-7,10-11,13,27H2;1-3,6-8,11,13,19H,4-5,9-10,12,25H2,(H2,26,28)/t25-;2*21-;19-/m1100/s1. The molecule has 4 atom stereocenters. The molecule has 4 aromatic carbocycles. The summed E-state index contributed by atoms with van der Waals surface area (Å²) in [5, 5.41) is 3.75. The van der Waals surface area contributed by atoms with Crippen LogP contribution in [0.1, 0.15) is 120 Å². The van der Waals surface area contributed by atoms with Gasteiger partial charge in [-0.25, -0.2) is 44.9 Å². The monoisotopic (exact) mass is 1950 g/mol. The molecule has 4 spiro atoms. The molecule has 0 radical (unpaired) electrons. The first-order chi connectivity index (χ1) is 65.4. The van der Waals surface area contributed by atoms with Crippen molar-refractivity contribution in [3.8, 4) is 0 Å². The number of nitrogens with two attached hydrogens (primary N) is 5. The normalized spacial score (nSPS) is 19.3. The van der Waals surface area contributed by atoms with E-state index in [2.05, 4.69) is 133 Å². The highest BCUT2D eigenvalue weighted by Gasteiger charge is 2.51. The Bertz CT molecular complexity index is 6810. The van der Waals surface area contributed by atoms with Crippen LogP contribution >= 0.6 is 105 Å². The Balaban J connectivity index is 0.000000104. The number of aromatic nitrogens is 17. The Morgan fingerprint density at radius 3 is 1.00 bits per heavy atom. The minimum absolute atomic E-state index is 0.0425. The van der Waals surface area contributed by atoms with Gasteiger partial charge in [0.25, 0.3) is 0 Å². The zero-order valence-electron chi connectivity index (χ0n) is 72.8. The van der Waals surface area contributed by atoms with E-state index in [0.717, 1.165) is 243 Å². The molecule has 4 fully saturated rings. The van der Waals surface area contributed by atoms with Crippen molar-refractivity contribution in [2.45, 2.75) is 140 Å². The number of imidazole rings is 4. The van der Waals surface area contributed by atoms with Gasteiger partial charge in [0.05, 0.1) is 50.2 Å². The Labute approximate surface area is 815 Å². The second-order valence-electron chi connectivity index (χ2n) is 35.9. The van der Waals surface area contributed by atoms with Crippen LogP contribution in [0.2, 0.25) is 25.1 Å². The van der Waals surface area contributed by atoms with Gasteiger partial charge >= 0.3 is 0 Å². The summed E-state index contributed by atoms with van der Waals surface area (Å²) < 4.78 is 8.30. The van der Waals surface area contributed by atoms with Crippen LogP contribution in [0.25, 0.3) is 33.5 Å². The van der Waals surface area contributed by atoms with Gasteiger partial charge in [-0.2, -0.15) is 0 Å². The minimum atomic E-state index is 0.0425. The van der Waals surface area contributed by atoms with Gasteiger partial charge < -0.3 is 48.3 Å². The summed E-state index contributed by atoms with van der Waals surface area (Å²) in [6.45, 7) is 7.27. The van der Waals surface area contributed by atoms with Crippen LogP contribution in [0.5, 0.6) is 0 Å². The van der Waals surface area contributed by atoms with Gasteiger partial charge in [-0.3, -0.25) is 37.5 Å². The number of hydrogen-bond donors (Lipinski definition) is 5. The molecular weight excluding hydrogens is 1860 g/mol. The van der Waals surface area contributed by atoms with Crippen molar-refractivity contribution in [2.24, 2.45) is 44.6 Å². The predicted octanol–water partition coefficient (Wildman–Crippen LogP) is 19.9. The molecule has 0 unspecified atom stereocenters. The molecular formula is C99H93Cl5N26S4. The molecule has 0 amide bonds. The molecule has 8 aliphatic rings. The molecule has 35 heteroatoms. The molecule has 0 saturated carbocycles. The van der Waals surface area contributed by atoms with Gasteiger partial charge in [0.15, 0.2) is 22.6 Å². The third-order valence-corrected chi connectivity index (χ3v) is 35.4. The highest BCUT2D eigenvalue weighted by molar-refractivity contribution is 8.00. The van der Waals surface area contributed by atoms with Gasteiger partial charge in [-0.15, -0.1) is 0 Å². The molecule has 13 aromatic heterocycles. The molecule has 4 saturated heterocycles. The lowest BCUT2D eigenvalue weighted by molar-refractivity contribution is 0.186. The second-order valence-corrected chi connectivity index (χ2v) is 42.1. The first kappa shape index (κ1) is 88.3. The van der Waals surface area contributed by atoms with E-state index >= 15 is 0 Å². The molecule has 25 rings (SSSR count). The van der Waals surface area contributed by atoms with E-state index in [-0.39, 0.29) is 45.8 Å². The average molecular weight is 1950 g/mol. The number of pyridine rings is 5. The molecule has 4 aliphatic carbocycles. The number of para-hydroxylation sites is 1. The van der Waals surface area contributed by atoms with Crippen LogP contribution in [0.4, 0.5) is 29.6 Å². The summed E-state index contributed by atoms with van der Waals surface area (Å²) in [6, 6.07) is 44.7. The number of nitrogens with zero attached hydrogens (tertiary/aromatic N) is 21. The SMILES string of the molecule is N[C@@H]1c2ccccc2CC12CCN(c1ncc(Sc3ccnc4ccccc34)c3nccn13)CC2.N[C@@H]1c2cccnc2CC12CCN(c1ncc(Sc3cccc(Cl)c3Cl)c3nccn13)CC2.N[C@H]1c2cccnc2CC12CCN(c1ncc(Sc3cccc(Cl)c3Cl)c3nccn13)CC2.Nc1nccc(Sc2cnc(N3CCC4(CC3)Cc3ncccc3[C@@H]4N)n3ccnc23)c1Cl. The van der Waals surface area contributed by atoms with E-state index in [0.29, 0.717) is 30.9 Å². The zero-order valence-corrected chi connectivity index (χ0v) is 79.8. The third kappa shape index (κ3) is 16.2. The van der Waals surface area contributed by atoms with Gasteiger partial charge in [-0.05, 0) is 187 Å². The van der Waals surface area contributed by atoms with Crippen LogP contribution in [-0.2, 0) is 25.7 Å². The number of anilines is 5. The fraction of sp³-hybridized carbons (Fsp3) is 0.283. The van der Waals surface area contributed by atoms with E-state index in [1.807, 2.05) is 158 Å². The summed E-state index contributed by atoms with van der Waals surface area (Å²) in [5.74, 6) is 3.97. The Morgan fingerprint density at radius 1 is 0.284 bits per heavy atom. The third-order valence-electron chi connectivity index (χ3n) is 28.8. The van der Waals surface area contributed by atoms with Crippen LogP contribution in [0.3, 0.4) is 0 Å². The summed E-state index contributed by atoms with van der Waals surface area (Å²) in [4.78, 5) is 77.2. The molecule has 17 aromatic rings. The fourth-order valence-electron chi connectivity index (χ4n) is 21.4. The first-order valence-corrected chi connectivity index (χ1v) is 50.1. The van der Waals surface area contributed by atoms with E-state index in [1.165, 1.54) is 63.1 Å². The molecule has 10 N–H and O–H groups in total. The number of piperidine rings is 4. The summed E-state index contributed by atoms with van der Waals surface area (Å²) >= 11 is 37.8. The van der Waals surface area contributed by atoms with Gasteiger partial charge in [0.1, 0.15) is 5.82 Å². The summed E-state index contributed by atoms with van der Waals surface area (Å²) in [5.41, 5.74) is 47.6. The molecule has 26 nitrogen and oxygen atoms in total. The number of hydrogen-bond acceptors (Lipinski definition) is 26. The van der Waals surface area contributed by atoms with Crippen molar-refractivity contribution in [3.05, 3.63) is 309 Å². The molecule has 4 aliphatic heterocycles. The van der Waals surface area contributed by atoms with Gasteiger partial charge in [-0.1, -0.05) is 178 Å². The summed E-state index contributed by atoms with van der Waals surface area (Å²) in [6.07, 6.45) is 44.1. The second kappa shape index (κ2) is 36.6. The summed E-state index contributed by atoms with van der Waals surface area (Å²) in [7, 11) is 0. The molecule has 17 heterocycles. The van der Waals surface area contributed by atoms with Crippen LogP contribution in [0, 0.1) is 21.7 Å². The fourth-order valence-corrected chi connectivity index (χ4v) is 26.3. The molecule has 134 heavy (non-hydrogen) atoms. The number of halogens is 5. The van der Waals surface area contributed by atoms with Crippen LogP contribution in [0.15, 0.2) is 278 Å². The maximum absolute atomic E-state index is 6.79. The Morgan fingerprint density at radius 2 is 0.612 bits per heavy atom. The quantitative estimate of drug-likeness (QED) is 0.0758. The molecule has 678 valence electrons. The van der Waals surface area contributed by atoms with E-state index in [4.69, 9.17) is 112 Å². The van der Waals surface area contributed by atoms with Gasteiger partial charge in [0.2, 0.25) is 23.8 Å². The van der Waals surface area contributed by atoms with Crippen LogP contribution in [-0.4, -0.2) is 135 Å². The lowest BCUT2D eigenvalue weighted by atomic mass is 9.73. The highest BCUT2D eigenvalue weighted by Crippen LogP contribution is 2.56.